The molecular formula is C15H20Cl2N2. The second-order valence-electron chi connectivity index (χ2n) is 5.73. The molecule has 104 valence electrons. The summed E-state index contributed by atoms with van der Waals surface area (Å²) >= 11 is 12.3. The number of hydrogen-bond donors (Lipinski definition) is 1. The Balaban J connectivity index is 1.73. The summed E-state index contributed by atoms with van der Waals surface area (Å²) in [5.41, 5.74) is 1.18. The summed E-state index contributed by atoms with van der Waals surface area (Å²) in [4.78, 5) is 2.54. The van der Waals surface area contributed by atoms with Crippen molar-refractivity contribution in [3.8, 4) is 0 Å². The van der Waals surface area contributed by atoms with Gasteiger partial charge in [-0.2, -0.15) is 0 Å². The van der Waals surface area contributed by atoms with Crippen LogP contribution in [0.3, 0.4) is 0 Å². The van der Waals surface area contributed by atoms with Crippen molar-refractivity contribution in [2.75, 3.05) is 19.6 Å². The SMILES string of the molecule is CC(c1ccc(Cl)cc1Cl)N1CCNC(C2CC2)C1. The van der Waals surface area contributed by atoms with E-state index in [-0.39, 0.29) is 0 Å². The van der Waals surface area contributed by atoms with E-state index in [4.69, 9.17) is 23.2 Å². The summed E-state index contributed by atoms with van der Waals surface area (Å²) in [5.74, 6) is 0.899. The van der Waals surface area contributed by atoms with Crippen LogP contribution >= 0.6 is 23.2 Å². The number of rotatable bonds is 3. The van der Waals surface area contributed by atoms with Gasteiger partial charge in [0.2, 0.25) is 0 Å². The molecule has 3 rings (SSSR count). The molecule has 0 aromatic heterocycles. The molecule has 1 aromatic carbocycles. The van der Waals surface area contributed by atoms with Crippen molar-refractivity contribution in [1.29, 1.82) is 0 Å². The smallest absolute Gasteiger partial charge is 0.0468 e. The average molecular weight is 299 g/mol. The minimum absolute atomic E-state index is 0.355. The molecule has 0 radical (unpaired) electrons. The van der Waals surface area contributed by atoms with Gasteiger partial charge in [-0.3, -0.25) is 4.90 Å². The van der Waals surface area contributed by atoms with Crippen LogP contribution in [0.1, 0.15) is 31.4 Å². The van der Waals surface area contributed by atoms with Crippen LogP contribution in [-0.4, -0.2) is 30.6 Å². The zero-order valence-electron chi connectivity index (χ0n) is 11.2. The maximum Gasteiger partial charge on any atom is 0.0468 e. The molecular weight excluding hydrogens is 279 g/mol. The highest BCUT2D eigenvalue weighted by atomic mass is 35.5. The molecule has 2 fully saturated rings. The van der Waals surface area contributed by atoms with Crippen LogP contribution in [0.25, 0.3) is 0 Å². The highest BCUT2D eigenvalue weighted by Gasteiger charge is 2.35. The molecule has 19 heavy (non-hydrogen) atoms. The van der Waals surface area contributed by atoms with Gasteiger partial charge in [-0.15, -0.1) is 0 Å². The molecule has 0 spiro atoms. The maximum atomic E-state index is 6.33. The van der Waals surface area contributed by atoms with E-state index in [0.29, 0.717) is 17.1 Å². The lowest BCUT2D eigenvalue weighted by molar-refractivity contribution is 0.145. The minimum atomic E-state index is 0.355. The van der Waals surface area contributed by atoms with Gasteiger partial charge in [0.05, 0.1) is 0 Å². The van der Waals surface area contributed by atoms with Gasteiger partial charge < -0.3 is 5.32 Å². The quantitative estimate of drug-likeness (QED) is 0.914. The predicted octanol–water partition coefficient (Wildman–Crippen LogP) is 3.74. The average Bonchev–Trinajstić information content (AvgIpc) is 3.22. The molecule has 0 bridgehead atoms. The molecule has 1 saturated carbocycles. The van der Waals surface area contributed by atoms with Crippen LogP contribution in [0.5, 0.6) is 0 Å². The van der Waals surface area contributed by atoms with E-state index in [9.17, 15) is 0 Å². The second kappa shape index (κ2) is 5.61. The number of halogens is 2. The van der Waals surface area contributed by atoms with Crippen LogP contribution in [0, 0.1) is 5.92 Å². The number of benzene rings is 1. The molecule has 1 aliphatic heterocycles. The van der Waals surface area contributed by atoms with Crippen LogP contribution < -0.4 is 5.32 Å². The third kappa shape index (κ3) is 3.08. The van der Waals surface area contributed by atoms with Crippen molar-refractivity contribution in [1.82, 2.24) is 10.2 Å². The summed E-state index contributed by atoms with van der Waals surface area (Å²) in [6.45, 7) is 5.54. The Morgan fingerprint density at radius 3 is 2.79 bits per heavy atom. The van der Waals surface area contributed by atoms with E-state index in [2.05, 4.69) is 23.2 Å². The molecule has 1 heterocycles. The van der Waals surface area contributed by atoms with E-state index < -0.39 is 0 Å². The summed E-state index contributed by atoms with van der Waals surface area (Å²) < 4.78 is 0. The van der Waals surface area contributed by atoms with Gasteiger partial charge in [-0.1, -0.05) is 29.3 Å². The lowest BCUT2D eigenvalue weighted by Crippen LogP contribution is -2.52. The van der Waals surface area contributed by atoms with Crippen molar-refractivity contribution in [3.05, 3.63) is 33.8 Å². The normalized spacial score (nSPS) is 26.4. The predicted molar refractivity (Wildman–Crippen MR) is 81.0 cm³/mol. The molecule has 1 aliphatic carbocycles. The Kier molecular flexibility index (Phi) is 4.04. The largest absolute Gasteiger partial charge is 0.311 e. The summed E-state index contributed by atoms with van der Waals surface area (Å²) in [7, 11) is 0. The summed E-state index contributed by atoms with van der Waals surface area (Å²) in [6.07, 6.45) is 2.78. The van der Waals surface area contributed by atoms with Crippen LogP contribution in [0.15, 0.2) is 18.2 Å². The van der Waals surface area contributed by atoms with E-state index >= 15 is 0 Å². The van der Waals surface area contributed by atoms with Crippen molar-refractivity contribution in [2.45, 2.75) is 31.8 Å². The number of hydrogen-bond acceptors (Lipinski definition) is 2. The Labute approximate surface area is 125 Å². The third-order valence-electron chi connectivity index (χ3n) is 4.39. The van der Waals surface area contributed by atoms with Crippen molar-refractivity contribution >= 4 is 23.2 Å². The molecule has 2 nitrogen and oxygen atoms in total. The lowest BCUT2D eigenvalue weighted by atomic mass is 10.0. The number of nitrogens with one attached hydrogen (secondary N) is 1. The first kappa shape index (κ1) is 13.7. The Bertz CT molecular complexity index is 459. The first-order valence-electron chi connectivity index (χ1n) is 7.07. The highest BCUT2D eigenvalue weighted by molar-refractivity contribution is 6.35. The fraction of sp³-hybridized carbons (Fsp3) is 0.600. The summed E-state index contributed by atoms with van der Waals surface area (Å²) in [5, 5.41) is 5.13. The molecule has 1 N–H and O–H groups in total. The molecule has 2 unspecified atom stereocenters. The molecule has 1 saturated heterocycles. The number of nitrogens with zero attached hydrogens (tertiary/aromatic N) is 1. The van der Waals surface area contributed by atoms with Gasteiger partial charge in [-0.05, 0) is 43.4 Å². The summed E-state index contributed by atoms with van der Waals surface area (Å²) in [6, 6.07) is 6.86. The van der Waals surface area contributed by atoms with E-state index in [1.165, 1.54) is 18.4 Å². The van der Waals surface area contributed by atoms with E-state index in [1.807, 2.05) is 12.1 Å². The van der Waals surface area contributed by atoms with Gasteiger partial charge in [0.25, 0.3) is 0 Å². The Morgan fingerprint density at radius 1 is 1.32 bits per heavy atom. The van der Waals surface area contributed by atoms with Crippen molar-refractivity contribution in [3.63, 3.8) is 0 Å². The monoisotopic (exact) mass is 298 g/mol. The van der Waals surface area contributed by atoms with Crippen LogP contribution in [0.2, 0.25) is 10.0 Å². The first-order chi connectivity index (χ1) is 9.15. The zero-order chi connectivity index (χ0) is 13.4. The van der Waals surface area contributed by atoms with Gasteiger partial charge in [-0.25, -0.2) is 0 Å². The molecule has 4 heteroatoms. The maximum absolute atomic E-state index is 6.33. The molecule has 0 amide bonds. The van der Waals surface area contributed by atoms with Crippen molar-refractivity contribution in [2.24, 2.45) is 5.92 Å². The fourth-order valence-corrected chi connectivity index (χ4v) is 3.57. The minimum Gasteiger partial charge on any atom is -0.311 e. The van der Waals surface area contributed by atoms with Gasteiger partial charge >= 0.3 is 0 Å². The topological polar surface area (TPSA) is 15.3 Å². The molecule has 2 aliphatic rings. The number of piperazine rings is 1. The Morgan fingerprint density at radius 2 is 2.11 bits per heavy atom. The van der Waals surface area contributed by atoms with Gasteiger partial charge in [0, 0.05) is 41.8 Å². The van der Waals surface area contributed by atoms with Crippen LogP contribution in [0.4, 0.5) is 0 Å². The highest BCUT2D eigenvalue weighted by Crippen LogP contribution is 2.36. The van der Waals surface area contributed by atoms with Crippen molar-refractivity contribution < 1.29 is 0 Å². The zero-order valence-corrected chi connectivity index (χ0v) is 12.7. The standard InChI is InChI=1S/C15H20Cl2N2/c1-10(13-5-4-12(16)8-14(13)17)19-7-6-18-15(9-19)11-2-3-11/h4-5,8,10-11,15,18H,2-3,6-7,9H2,1H3. The van der Waals surface area contributed by atoms with Gasteiger partial charge in [0.1, 0.15) is 0 Å². The Hall–Kier alpha value is -0.280. The lowest BCUT2D eigenvalue weighted by Gasteiger charge is -2.38. The fourth-order valence-electron chi connectivity index (χ4n) is 3.01. The second-order valence-corrected chi connectivity index (χ2v) is 6.58. The van der Waals surface area contributed by atoms with Gasteiger partial charge in [0.15, 0.2) is 0 Å². The van der Waals surface area contributed by atoms with E-state index in [0.717, 1.165) is 30.6 Å². The van der Waals surface area contributed by atoms with E-state index in [1.54, 1.807) is 0 Å². The first-order valence-corrected chi connectivity index (χ1v) is 7.83. The van der Waals surface area contributed by atoms with Crippen LogP contribution in [-0.2, 0) is 0 Å². The molecule has 1 aromatic rings. The third-order valence-corrected chi connectivity index (χ3v) is 4.95. The molecule has 2 atom stereocenters.